The quantitative estimate of drug-likeness (QED) is 0.855. The molecule has 0 atom stereocenters. The fraction of sp³-hybridized carbons (Fsp3) is 0.467. The van der Waals surface area contributed by atoms with Crippen LogP contribution in [0.3, 0.4) is 0 Å². The Kier molecular flexibility index (Phi) is 6.39. The van der Waals surface area contributed by atoms with Gasteiger partial charge in [-0.25, -0.2) is 4.79 Å². The summed E-state index contributed by atoms with van der Waals surface area (Å²) < 4.78 is 0. The second kappa shape index (κ2) is 8.29. The number of rotatable bonds is 4. The van der Waals surface area contributed by atoms with Gasteiger partial charge >= 0.3 is 6.03 Å². The number of carbonyl (C=O) groups excluding carboxylic acids is 2. The highest BCUT2D eigenvalue weighted by molar-refractivity contribution is 8.00. The average molecular weight is 342 g/mol. The summed E-state index contributed by atoms with van der Waals surface area (Å²) in [5, 5.41) is 3.44. The minimum atomic E-state index is -0.0555. The first-order valence-corrected chi connectivity index (χ1v) is 8.66. The summed E-state index contributed by atoms with van der Waals surface area (Å²) in [4.78, 5) is 28.4. The summed E-state index contributed by atoms with van der Waals surface area (Å²) in [7, 11) is 0. The minimum absolute atomic E-state index is 0.0555. The molecule has 5 nitrogen and oxygen atoms in total. The Morgan fingerprint density at radius 3 is 2.45 bits per heavy atom. The fourth-order valence-electron chi connectivity index (χ4n) is 2.21. The van der Waals surface area contributed by atoms with E-state index in [9.17, 15) is 9.59 Å². The first-order chi connectivity index (χ1) is 10.6. The molecule has 1 fully saturated rings. The molecule has 0 aliphatic carbocycles. The summed E-state index contributed by atoms with van der Waals surface area (Å²) in [6.07, 6.45) is 0. The minimum Gasteiger partial charge on any atom is -0.338 e. The van der Waals surface area contributed by atoms with Crippen LogP contribution in [-0.2, 0) is 4.79 Å². The molecule has 1 aliphatic rings. The standard InChI is InChI=1S/C15H20ClN3O2S/c1-2-17-15(21)19-9-7-18(8-10-19)14(20)11-22-13-6-4-3-5-12(13)16/h3-6H,2,7-11H2,1H3,(H,17,21). The second-order valence-corrected chi connectivity index (χ2v) is 6.35. The molecule has 3 amide bonds. The third-order valence-corrected chi connectivity index (χ3v) is 4.94. The number of piperazine rings is 1. The van der Waals surface area contributed by atoms with E-state index >= 15 is 0 Å². The van der Waals surface area contributed by atoms with E-state index in [1.807, 2.05) is 31.2 Å². The first-order valence-electron chi connectivity index (χ1n) is 7.29. The number of hydrogen-bond donors (Lipinski definition) is 1. The predicted octanol–water partition coefficient (Wildman–Crippen LogP) is 2.31. The summed E-state index contributed by atoms with van der Waals surface area (Å²) in [5.41, 5.74) is 0. The molecule has 7 heteroatoms. The van der Waals surface area contributed by atoms with E-state index in [1.54, 1.807) is 9.80 Å². The van der Waals surface area contributed by atoms with Gasteiger partial charge in [-0.3, -0.25) is 4.79 Å². The van der Waals surface area contributed by atoms with E-state index < -0.39 is 0 Å². The van der Waals surface area contributed by atoms with Crippen molar-refractivity contribution in [3.63, 3.8) is 0 Å². The van der Waals surface area contributed by atoms with E-state index in [0.717, 1.165) is 4.90 Å². The maximum absolute atomic E-state index is 12.2. The van der Waals surface area contributed by atoms with Crippen molar-refractivity contribution in [2.24, 2.45) is 0 Å². The maximum Gasteiger partial charge on any atom is 0.317 e. The molecular weight excluding hydrogens is 322 g/mol. The molecule has 0 aromatic heterocycles. The Balaban J connectivity index is 1.78. The van der Waals surface area contributed by atoms with E-state index in [-0.39, 0.29) is 11.9 Å². The van der Waals surface area contributed by atoms with Crippen LogP contribution in [0.1, 0.15) is 6.92 Å². The predicted molar refractivity (Wildman–Crippen MR) is 89.4 cm³/mol. The topological polar surface area (TPSA) is 52.7 Å². The highest BCUT2D eigenvalue weighted by Crippen LogP contribution is 2.26. The van der Waals surface area contributed by atoms with Crippen molar-refractivity contribution in [3.05, 3.63) is 29.3 Å². The number of carbonyl (C=O) groups is 2. The number of benzene rings is 1. The van der Waals surface area contributed by atoms with Crippen molar-refractivity contribution in [2.45, 2.75) is 11.8 Å². The summed E-state index contributed by atoms with van der Waals surface area (Å²) >= 11 is 7.53. The zero-order chi connectivity index (χ0) is 15.9. The largest absolute Gasteiger partial charge is 0.338 e. The van der Waals surface area contributed by atoms with Gasteiger partial charge < -0.3 is 15.1 Å². The van der Waals surface area contributed by atoms with Crippen molar-refractivity contribution in [2.75, 3.05) is 38.5 Å². The Morgan fingerprint density at radius 1 is 1.18 bits per heavy atom. The number of nitrogens with zero attached hydrogens (tertiary/aromatic N) is 2. The molecule has 0 spiro atoms. The lowest BCUT2D eigenvalue weighted by molar-refractivity contribution is -0.129. The van der Waals surface area contributed by atoms with Crippen molar-refractivity contribution >= 4 is 35.3 Å². The van der Waals surface area contributed by atoms with Crippen LogP contribution in [0.2, 0.25) is 5.02 Å². The lowest BCUT2D eigenvalue weighted by Gasteiger charge is -2.34. The highest BCUT2D eigenvalue weighted by Gasteiger charge is 2.23. The van der Waals surface area contributed by atoms with Gasteiger partial charge in [-0.2, -0.15) is 0 Å². The second-order valence-electron chi connectivity index (χ2n) is 4.92. The molecule has 0 unspecified atom stereocenters. The van der Waals surface area contributed by atoms with Crippen molar-refractivity contribution < 1.29 is 9.59 Å². The van der Waals surface area contributed by atoms with Gasteiger partial charge in [0, 0.05) is 37.6 Å². The van der Waals surface area contributed by atoms with Gasteiger partial charge in [-0.15, -0.1) is 11.8 Å². The maximum atomic E-state index is 12.2. The Hall–Kier alpha value is -1.40. The Morgan fingerprint density at radius 2 is 1.82 bits per heavy atom. The van der Waals surface area contributed by atoms with Gasteiger partial charge in [0.2, 0.25) is 5.91 Å². The zero-order valence-corrected chi connectivity index (χ0v) is 14.1. The lowest BCUT2D eigenvalue weighted by atomic mass is 10.3. The fourth-order valence-corrected chi connectivity index (χ4v) is 3.36. The summed E-state index contributed by atoms with van der Waals surface area (Å²) in [6, 6.07) is 7.45. The van der Waals surface area contributed by atoms with Gasteiger partial charge in [-0.05, 0) is 19.1 Å². The number of hydrogen-bond acceptors (Lipinski definition) is 3. The Labute approximate surface area is 140 Å². The van der Waals surface area contributed by atoms with Crippen molar-refractivity contribution in [3.8, 4) is 0 Å². The number of halogens is 1. The van der Waals surface area contributed by atoms with E-state index in [0.29, 0.717) is 43.5 Å². The molecular formula is C15H20ClN3O2S. The van der Waals surface area contributed by atoms with Crippen molar-refractivity contribution in [1.29, 1.82) is 0 Å². The number of amides is 3. The van der Waals surface area contributed by atoms with E-state index in [2.05, 4.69) is 5.32 Å². The van der Waals surface area contributed by atoms with Gasteiger partial charge in [0.25, 0.3) is 0 Å². The Bertz CT molecular complexity index is 533. The zero-order valence-electron chi connectivity index (χ0n) is 12.5. The molecule has 22 heavy (non-hydrogen) atoms. The van der Waals surface area contributed by atoms with Gasteiger partial charge in [0.05, 0.1) is 10.8 Å². The molecule has 1 N–H and O–H groups in total. The smallest absolute Gasteiger partial charge is 0.317 e. The van der Waals surface area contributed by atoms with Gasteiger partial charge in [0.15, 0.2) is 0 Å². The van der Waals surface area contributed by atoms with Crippen LogP contribution >= 0.6 is 23.4 Å². The molecule has 0 bridgehead atoms. The van der Waals surface area contributed by atoms with Crippen LogP contribution < -0.4 is 5.32 Å². The van der Waals surface area contributed by atoms with Crippen LogP contribution in [0.25, 0.3) is 0 Å². The molecule has 1 saturated heterocycles. The van der Waals surface area contributed by atoms with Crippen LogP contribution in [0, 0.1) is 0 Å². The molecule has 1 heterocycles. The monoisotopic (exact) mass is 341 g/mol. The molecule has 1 aromatic carbocycles. The summed E-state index contributed by atoms with van der Waals surface area (Å²) in [5.74, 6) is 0.450. The number of urea groups is 1. The van der Waals surface area contributed by atoms with Crippen LogP contribution in [-0.4, -0.2) is 60.2 Å². The number of nitrogens with one attached hydrogen (secondary N) is 1. The van der Waals surface area contributed by atoms with Gasteiger partial charge in [-0.1, -0.05) is 23.7 Å². The molecule has 0 radical (unpaired) electrons. The molecule has 1 aliphatic heterocycles. The third kappa shape index (κ3) is 4.55. The first kappa shape index (κ1) is 17.0. The van der Waals surface area contributed by atoms with Crippen LogP contribution in [0.5, 0.6) is 0 Å². The van der Waals surface area contributed by atoms with Crippen LogP contribution in [0.15, 0.2) is 29.2 Å². The van der Waals surface area contributed by atoms with E-state index in [4.69, 9.17) is 11.6 Å². The van der Waals surface area contributed by atoms with Gasteiger partial charge in [0.1, 0.15) is 0 Å². The average Bonchev–Trinajstić information content (AvgIpc) is 2.54. The molecule has 0 saturated carbocycles. The molecule has 120 valence electrons. The molecule has 2 rings (SSSR count). The SMILES string of the molecule is CCNC(=O)N1CCN(C(=O)CSc2ccccc2Cl)CC1. The third-order valence-electron chi connectivity index (χ3n) is 3.44. The normalized spacial score (nSPS) is 14.8. The molecule has 1 aromatic rings. The number of thioether (sulfide) groups is 1. The lowest BCUT2D eigenvalue weighted by Crippen LogP contribution is -2.53. The van der Waals surface area contributed by atoms with Crippen LogP contribution in [0.4, 0.5) is 4.79 Å². The van der Waals surface area contributed by atoms with Crippen molar-refractivity contribution in [1.82, 2.24) is 15.1 Å². The summed E-state index contributed by atoms with van der Waals surface area (Å²) in [6.45, 7) is 4.83. The highest BCUT2D eigenvalue weighted by atomic mass is 35.5. The van der Waals surface area contributed by atoms with E-state index in [1.165, 1.54) is 11.8 Å².